The molecule has 0 aromatic rings. The summed E-state index contributed by atoms with van der Waals surface area (Å²) in [4.78, 5) is 24.0. The van der Waals surface area contributed by atoms with E-state index in [-0.39, 0.29) is 26.1 Å². The Kier molecular flexibility index (Phi) is 7.53. The maximum atomic E-state index is 12.0. The highest BCUT2D eigenvalue weighted by Gasteiger charge is 2.47. The number of carbonyl (C=O) groups excluding carboxylic acids is 2. The summed E-state index contributed by atoms with van der Waals surface area (Å²) in [6.07, 6.45) is 7.60. The minimum absolute atomic E-state index is 0.0293. The zero-order chi connectivity index (χ0) is 14.0. The summed E-state index contributed by atoms with van der Waals surface area (Å²) < 4.78 is 9.91. The van der Waals surface area contributed by atoms with Crippen LogP contribution in [0, 0.1) is 17.8 Å². The summed E-state index contributed by atoms with van der Waals surface area (Å²) >= 11 is 0. The molecule has 0 fully saturated rings. The summed E-state index contributed by atoms with van der Waals surface area (Å²) in [5, 5.41) is 0. The number of allylic oxidation sites excluding steroid dienone is 1. The van der Waals surface area contributed by atoms with Crippen LogP contribution in [0.2, 0.25) is 0 Å². The van der Waals surface area contributed by atoms with Crippen LogP contribution >= 0.6 is 0 Å². The number of ether oxygens (including phenoxy) is 2. The third-order valence-corrected chi connectivity index (χ3v) is 2.51. The van der Waals surface area contributed by atoms with Crippen LogP contribution in [-0.2, 0) is 19.1 Å². The van der Waals surface area contributed by atoms with Gasteiger partial charge in [-0.2, -0.15) is 0 Å². The Balaban J connectivity index is 5.26. The third-order valence-electron chi connectivity index (χ3n) is 2.51. The van der Waals surface area contributed by atoms with Crippen LogP contribution in [0.5, 0.6) is 0 Å². The molecule has 0 atom stereocenters. The Morgan fingerprint density at radius 2 is 1.78 bits per heavy atom. The van der Waals surface area contributed by atoms with Crippen molar-refractivity contribution in [2.24, 2.45) is 5.41 Å². The molecule has 0 bridgehead atoms. The quantitative estimate of drug-likeness (QED) is 0.287. The molecule has 0 aliphatic rings. The topological polar surface area (TPSA) is 52.6 Å². The fourth-order valence-electron chi connectivity index (χ4n) is 1.58. The average molecular weight is 252 g/mol. The fourth-order valence-corrected chi connectivity index (χ4v) is 1.58. The van der Waals surface area contributed by atoms with E-state index in [9.17, 15) is 9.59 Å². The second-order valence-electron chi connectivity index (χ2n) is 3.73. The molecule has 0 heterocycles. The van der Waals surface area contributed by atoms with Crippen molar-refractivity contribution in [1.82, 2.24) is 0 Å². The van der Waals surface area contributed by atoms with E-state index in [0.29, 0.717) is 6.42 Å². The van der Waals surface area contributed by atoms with E-state index in [2.05, 4.69) is 12.5 Å². The third kappa shape index (κ3) is 3.92. The molecule has 0 radical (unpaired) electrons. The highest BCUT2D eigenvalue weighted by molar-refractivity contribution is 6.00. The number of rotatable bonds is 8. The molecular formula is C14H20O4. The van der Waals surface area contributed by atoms with Gasteiger partial charge in [0.05, 0.1) is 13.2 Å². The summed E-state index contributed by atoms with van der Waals surface area (Å²) in [7, 11) is 0. The summed E-state index contributed by atoms with van der Waals surface area (Å²) in [5.74, 6) is 1.12. The van der Waals surface area contributed by atoms with E-state index in [4.69, 9.17) is 15.9 Å². The second-order valence-corrected chi connectivity index (χ2v) is 3.73. The van der Waals surface area contributed by atoms with Crippen LogP contribution in [0.15, 0.2) is 12.7 Å². The molecule has 0 aromatic carbocycles. The zero-order valence-corrected chi connectivity index (χ0v) is 11.0. The van der Waals surface area contributed by atoms with Crippen LogP contribution < -0.4 is 0 Å². The van der Waals surface area contributed by atoms with Gasteiger partial charge < -0.3 is 9.47 Å². The van der Waals surface area contributed by atoms with Gasteiger partial charge in [0.2, 0.25) is 0 Å². The average Bonchev–Trinajstić information content (AvgIpc) is 2.35. The molecule has 18 heavy (non-hydrogen) atoms. The first-order chi connectivity index (χ1) is 8.58. The molecule has 0 saturated carbocycles. The predicted molar refractivity (Wildman–Crippen MR) is 68.6 cm³/mol. The highest BCUT2D eigenvalue weighted by atomic mass is 16.6. The maximum Gasteiger partial charge on any atom is 0.324 e. The van der Waals surface area contributed by atoms with E-state index in [1.54, 1.807) is 19.9 Å². The monoisotopic (exact) mass is 252 g/mol. The van der Waals surface area contributed by atoms with Crippen molar-refractivity contribution >= 4 is 11.9 Å². The molecule has 4 nitrogen and oxygen atoms in total. The van der Waals surface area contributed by atoms with Crippen LogP contribution in [0.4, 0.5) is 0 Å². The van der Waals surface area contributed by atoms with Gasteiger partial charge in [0.25, 0.3) is 0 Å². The molecular weight excluding hydrogens is 232 g/mol. The predicted octanol–water partition coefficient (Wildman–Crippen LogP) is 2.09. The standard InChI is InChI=1S/C14H20O4/c1-5-9-11-14(10-6-2,12(15)17-7-3)13(16)18-8-4/h2,5H,1,7-11H2,3-4H3. The van der Waals surface area contributed by atoms with Gasteiger partial charge in [-0.05, 0) is 26.7 Å². The fraction of sp³-hybridized carbons (Fsp3) is 0.571. The van der Waals surface area contributed by atoms with Gasteiger partial charge in [-0.15, -0.1) is 18.9 Å². The van der Waals surface area contributed by atoms with Gasteiger partial charge in [-0.3, -0.25) is 9.59 Å². The minimum Gasteiger partial charge on any atom is -0.465 e. The lowest BCUT2D eigenvalue weighted by molar-refractivity contribution is -0.172. The smallest absolute Gasteiger partial charge is 0.324 e. The molecule has 0 aliphatic heterocycles. The van der Waals surface area contributed by atoms with Crippen molar-refractivity contribution in [3.63, 3.8) is 0 Å². The van der Waals surface area contributed by atoms with Gasteiger partial charge in [0, 0.05) is 6.42 Å². The largest absolute Gasteiger partial charge is 0.465 e. The molecule has 0 N–H and O–H groups in total. The van der Waals surface area contributed by atoms with Crippen molar-refractivity contribution in [2.45, 2.75) is 33.1 Å². The maximum absolute atomic E-state index is 12.0. The van der Waals surface area contributed by atoms with Crippen LogP contribution in [0.25, 0.3) is 0 Å². The van der Waals surface area contributed by atoms with Crippen molar-refractivity contribution in [1.29, 1.82) is 0 Å². The second kappa shape index (κ2) is 8.35. The minimum atomic E-state index is -1.41. The first-order valence-electron chi connectivity index (χ1n) is 5.97. The molecule has 0 aromatic heterocycles. The van der Waals surface area contributed by atoms with Crippen molar-refractivity contribution in [2.75, 3.05) is 13.2 Å². The van der Waals surface area contributed by atoms with E-state index in [0.717, 1.165) is 0 Å². The molecule has 4 heteroatoms. The lowest BCUT2D eigenvalue weighted by atomic mass is 9.80. The normalized spacial score (nSPS) is 10.3. The molecule has 100 valence electrons. The number of hydrogen-bond donors (Lipinski definition) is 0. The van der Waals surface area contributed by atoms with E-state index in [1.165, 1.54) is 0 Å². The number of esters is 2. The SMILES string of the molecule is C#CCC(CCC=C)(C(=O)OCC)C(=O)OCC. The first kappa shape index (κ1) is 16.2. The lowest BCUT2D eigenvalue weighted by Gasteiger charge is -2.26. The van der Waals surface area contributed by atoms with Gasteiger partial charge >= 0.3 is 11.9 Å². The van der Waals surface area contributed by atoms with Gasteiger partial charge in [-0.1, -0.05) is 6.08 Å². The first-order valence-corrected chi connectivity index (χ1v) is 5.97. The summed E-state index contributed by atoms with van der Waals surface area (Å²) in [5.41, 5.74) is -1.41. The Labute approximate surface area is 108 Å². The Morgan fingerprint density at radius 3 is 2.11 bits per heavy atom. The van der Waals surface area contributed by atoms with Crippen molar-refractivity contribution in [3.8, 4) is 12.3 Å². The molecule has 0 aliphatic carbocycles. The van der Waals surface area contributed by atoms with Gasteiger partial charge in [0.15, 0.2) is 5.41 Å². The molecule has 0 rings (SSSR count). The Bertz CT molecular complexity index is 320. The summed E-state index contributed by atoms with van der Waals surface area (Å²) in [6, 6.07) is 0. The number of terminal acetylenes is 1. The van der Waals surface area contributed by atoms with E-state index >= 15 is 0 Å². The van der Waals surface area contributed by atoms with Crippen LogP contribution in [0.1, 0.15) is 33.1 Å². The molecule has 0 unspecified atom stereocenters. The molecule has 0 spiro atoms. The van der Waals surface area contributed by atoms with E-state index in [1.807, 2.05) is 0 Å². The Morgan fingerprint density at radius 1 is 1.28 bits per heavy atom. The number of carbonyl (C=O) groups is 2. The van der Waals surface area contributed by atoms with Crippen LogP contribution in [-0.4, -0.2) is 25.2 Å². The molecule has 0 amide bonds. The van der Waals surface area contributed by atoms with Gasteiger partial charge in [-0.25, -0.2) is 0 Å². The van der Waals surface area contributed by atoms with Crippen LogP contribution in [0.3, 0.4) is 0 Å². The van der Waals surface area contributed by atoms with Gasteiger partial charge in [0.1, 0.15) is 0 Å². The van der Waals surface area contributed by atoms with E-state index < -0.39 is 17.4 Å². The lowest BCUT2D eigenvalue weighted by Crippen LogP contribution is -2.42. The highest BCUT2D eigenvalue weighted by Crippen LogP contribution is 2.32. The Hall–Kier alpha value is -1.76. The summed E-state index contributed by atoms with van der Waals surface area (Å²) in [6.45, 7) is 7.32. The van der Waals surface area contributed by atoms with Crippen molar-refractivity contribution < 1.29 is 19.1 Å². The molecule has 0 saturated heterocycles. The van der Waals surface area contributed by atoms with Crippen molar-refractivity contribution in [3.05, 3.63) is 12.7 Å². The zero-order valence-electron chi connectivity index (χ0n) is 11.0. The number of hydrogen-bond acceptors (Lipinski definition) is 4.